The van der Waals surface area contributed by atoms with Crippen molar-refractivity contribution in [3.05, 3.63) is 89.8 Å². The number of carbonyl (C=O) groups is 2. The van der Waals surface area contributed by atoms with Gasteiger partial charge in [0, 0.05) is 36.9 Å². The fourth-order valence-electron chi connectivity index (χ4n) is 3.36. The van der Waals surface area contributed by atoms with Crippen molar-refractivity contribution in [3.63, 3.8) is 0 Å². The van der Waals surface area contributed by atoms with Gasteiger partial charge in [-0.05, 0) is 54.4 Å². The van der Waals surface area contributed by atoms with Crippen LogP contribution in [0.4, 0.5) is 11.5 Å². The van der Waals surface area contributed by atoms with E-state index in [0.29, 0.717) is 23.2 Å². The number of benzene rings is 2. The van der Waals surface area contributed by atoms with E-state index in [2.05, 4.69) is 25.7 Å². The maximum absolute atomic E-state index is 12.4. The molecule has 11 heteroatoms. The number of halogens is 1. The molecule has 0 fully saturated rings. The summed E-state index contributed by atoms with van der Waals surface area (Å²) in [6, 6.07) is 17.9. The normalized spacial score (nSPS) is 10.8. The lowest BCUT2D eigenvalue weighted by Crippen LogP contribution is -2.29. The third kappa shape index (κ3) is 5.68. The Labute approximate surface area is 214 Å². The summed E-state index contributed by atoms with van der Waals surface area (Å²) >= 11 is 7.73. The van der Waals surface area contributed by atoms with Crippen molar-refractivity contribution >= 4 is 56.5 Å². The second-order valence-electron chi connectivity index (χ2n) is 7.67. The molecule has 0 aliphatic heterocycles. The van der Waals surface area contributed by atoms with Crippen LogP contribution in [0, 0.1) is 0 Å². The number of pyridine rings is 1. The molecule has 0 bridgehead atoms. The highest BCUT2D eigenvalue weighted by Gasteiger charge is 2.17. The predicted octanol–water partition coefficient (Wildman–Crippen LogP) is 5.15. The summed E-state index contributed by atoms with van der Waals surface area (Å²) in [7, 11) is 0. The minimum atomic E-state index is -0.850. The quantitative estimate of drug-likeness (QED) is 0.288. The van der Waals surface area contributed by atoms with E-state index in [-0.39, 0.29) is 10.8 Å². The highest BCUT2D eigenvalue weighted by molar-refractivity contribution is 7.20. The molecule has 2 aromatic carbocycles. The van der Waals surface area contributed by atoms with Gasteiger partial charge in [0.1, 0.15) is 5.75 Å². The Morgan fingerprint density at radius 1 is 1.00 bits per heavy atom. The number of rotatable bonds is 7. The number of thiazole rings is 1. The van der Waals surface area contributed by atoms with E-state index in [1.54, 1.807) is 41.5 Å². The van der Waals surface area contributed by atoms with Gasteiger partial charge in [-0.25, -0.2) is 4.98 Å². The van der Waals surface area contributed by atoms with Gasteiger partial charge >= 0.3 is 11.8 Å². The van der Waals surface area contributed by atoms with Gasteiger partial charge in [-0.2, -0.15) is 5.10 Å². The molecule has 5 aromatic rings. The number of hydrogen-bond donors (Lipinski definition) is 2. The standard InChI is InChI=1S/C25H19ClN6O3S/c26-18-15-17(5-6-20(18)35-25-29-19-3-1-2-4-21(19)36-25)28-23(33)24(34)30-22-10-14-32(31-22)13-9-16-7-11-27-12-8-16/h1-8,10-12,14-15H,9,13H2,(H,28,33)(H,30,31,34). The van der Waals surface area contributed by atoms with Crippen molar-refractivity contribution in [3.8, 4) is 10.9 Å². The molecule has 0 spiro atoms. The number of ether oxygens (including phenoxy) is 1. The first-order chi connectivity index (χ1) is 17.5. The molecule has 0 saturated heterocycles. The Morgan fingerprint density at radius 2 is 1.81 bits per heavy atom. The van der Waals surface area contributed by atoms with Crippen molar-refractivity contribution in [2.45, 2.75) is 13.0 Å². The number of aryl methyl sites for hydroxylation is 2. The third-order valence-electron chi connectivity index (χ3n) is 5.13. The summed E-state index contributed by atoms with van der Waals surface area (Å²) in [4.78, 5) is 33.1. The monoisotopic (exact) mass is 518 g/mol. The Hall–Kier alpha value is -4.28. The molecular formula is C25H19ClN6O3S. The van der Waals surface area contributed by atoms with Crippen molar-refractivity contribution < 1.29 is 14.3 Å². The second-order valence-corrected chi connectivity index (χ2v) is 9.07. The van der Waals surface area contributed by atoms with Crippen LogP contribution in [0.25, 0.3) is 10.2 Å². The van der Waals surface area contributed by atoms with Gasteiger partial charge in [-0.3, -0.25) is 19.3 Å². The summed E-state index contributed by atoms with van der Waals surface area (Å²) in [5, 5.41) is 10.0. The molecular weight excluding hydrogens is 500 g/mol. The fourth-order valence-corrected chi connectivity index (χ4v) is 4.40. The molecule has 36 heavy (non-hydrogen) atoms. The molecule has 180 valence electrons. The van der Waals surface area contributed by atoms with Crippen molar-refractivity contribution in [1.29, 1.82) is 0 Å². The second kappa shape index (κ2) is 10.5. The maximum atomic E-state index is 12.4. The van der Waals surface area contributed by atoms with Gasteiger partial charge in [-0.15, -0.1) is 0 Å². The van der Waals surface area contributed by atoms with Gasteiger partial charge in [0.2, 0.25) is 0 Å². The zero-order valence-electron chi connectivity index (χ0n) is 18.7. The molecule has 0 aliphatic carbocycles. The van der Waals surface area contributed by atoms with Crippen LogP contribution in [0.1, 0.15) is 5.56 Å². The van der Waals surface area contributed by atoms with Crippen LogP contribution in [0.2, 0.25) is 5.02 Å². The lowest BCUT2D eigenvalue weighted by atomic mass is 10.2. The molecule has 9 nitrogen and oxygen atoms in total. The molecule has 0 saturated carbocycles. The SMILES string of the molecule is O=C(Nc1ccc(Oc2nc3ccccc3s2)c(Cl)c1)C(=O)Nc1ccn(CCc2ccncc2)n1. The number of amides is 2. The Bertz CT molecular complexity index is 1500. The zero-order valence-corrected chi connectivity index (χ0v) is 20.3. The van der Waals surface area contributed by atoms with Crippen molar-refractivity contribution in [2.75, 3.05) is 10.6 Å². The molecule has 3 aromatic heterocycles. The van der Waals surface area contributed by atoms with Crippen LogP contribution in [-0.4, -0.2) is 31.6 Å². The smallest absolute Gasteiger partial charge is 0.315 e. The van der Waals surface area contributed by atoms with Crippen LogP contribution < -0.4 is 15.4 Å². The van der Waals surface area contributed by atoms with Gasteiger partial charge < -0.3 is 15.4 Å². The first-order valence-corrected chi connectivity index (χ1v) is 12.1. The number of nitrogens with zero attached hydrogens (tertiary/aromatic N) is 4. The average Bonchev–Trinajstić information content (AvgIpc) is 3.51. The van der Waals surface area contributed by atoms with E-state index < -0.39 is 11.8 Å². The van der Waals surface area contributed by atoms with Crippen LogP contribution in [0.15, 0.2) is 79.3 Å². The topological polar surface area (TPSA) is 111 Å². The molecule has 0 atom stereocenters. The van der Waals surface area contributed by atoms with E-state index in [0.717, 1.165) is 22.2 Å². The van der Waals surface area contributed by atoms with Crippen LogP contribution >= 0.6 is 22.9 Å². The minimum absolute atomic E-state index is 0.264. The fraction of sp³-hybridized carbons (Fsp3) is 0.0800. The summed E-state index contributed by atoms with van der Waals surface area (Å²) in [6.07, 6.45) is 5.97. The summed E-state index contributed by atoms with van der Waals surface area (Å²) in [5.41, 5.74) is 2.31. The number of carbonyl (C=O) groups excluding carboxylic acids is 2. The van der Waals surface area contributed by atoms with Gasteiger partial charge in [0.15, 0.2) is 5.82 Å². The van der Waals surface area contributed by atoms with E-state index in [1.165, 1.54) is 17.4 Å². The van der Waals surface area contributed by atoms with Crippen molar-refractivity contribution in [1.82, 2.24) is 19.7 Å². The summed E-state index contributed by atoms with van der Waals surface area (Å²) in [6.45, 7) is 0.621. The highest BCUT2D eigenvalue weighted by Crippen LogP contribution is 2.35. The first-order valence-electron chi connectivity index (χ1n) is 10.9. The average molecular weight is 519 g/mol. The number of hydrogen-bond acceptors (Lipinski definition) is 7. The maximum Gasteiger partial charge on any atom is 0.315 e. The molecule has 0 unspecified atom stereocenters. The molecule has 5 rings (SSSR count). The lowest BCUT2D eigenvalue weighted by molar-refractivity contribution is -0.133. The van der Waals surface area contributed by atoms with Crippen molar-refractivity contribution in [2.24, 2.45) is 0 Å². The van der Waals surface area contributed by atoms with Crippen LogP contribution in [-0.2, 0) is 22.6 Å². The molecule has 0 aliphatic rings. The number of aromatic nitrogens is 4. The van der Waals surface area contributed by atoms with Gasteiger partial charge in [0.25, 0.3) is 5.19 Å². The number of para-hydroxylation sites is 1. The number of anilines is 2. The Balaban J connectivity index is 1.15. The van der Waals surface area contributed by atoms with Gasteiger partial charge in [-0.1, -0.05) is 35.1 Å². The van der Waals surface area contributed by atoms with E-state index in [1.807, 2.05) is 36.4 Å². The minimum Gasteiger partial charge on any atom is -0.429 e. The molecule has 3 heterocycles. The Morgan fingerprint density at radius 3 is 2.61 bits per heavy atom. The first kappa shape index (κ1) is 23.5. The Kier molecular flexibility index (Phi) is 6.87. The number of nitrogens with one attached hydrogen (secondary N) is 2. The van der Waals surface area contributed by atoms with Gasteiger partial charge in [0.05, 0.1) is 15.2 Å². The van der Waals surface area contributed by atoms with E-state index >= 15 is 0 Å². The third-order valence-corrected chi connectivity index (χ3v) is 6.34. The van der Waals surface area contributed by atoms with Crippen LogP contribution in [0.5, 0.6) is 10.9 Å². The highest BCUT2D eigenvalue weighted by atomic mass is 35.5. The lowest BCUT2D eigenvalue weighted by Gasteiger charge is -2.08. The molecule has 2 amide bonds. The number of fused-ring (bicyclic) bond motifs is 1. The molecule has 2 N–H and O–H groups in total. The predicted molar refractivity (Wildman–Crippen MR) is 139 cm³/mol. The largest absolute Gasteiger partial charge is 0.429 e. The van der Waals surface area contributed by atoms with Crippen LogP contribution in [0.3, 0.4) is 0 Å². The van der Waals surface area contributed by atoms with E-state index in [9.17, 15) is 9.59 Å². The zero-order chi connectivity index (χ0) is 24.9. The molecule has 0 radical (unpaired) electrons. The summed E-state index contributed by atoms with van der Waals surface area (Å²) in [5.74, 6) is -1.03. The summed E-state index contributed by atoms with van der Waals surface area (Å²) < 4.78 is 8.49. The van der Waals surface area contributed by atoms with E-state index in [4.69, 9.17) is 16.3 Å².